The molecule has 0 aromatic carbocycles. The SMILES string of the molecule is C[C@H](CC(=O)OC(C)(C)C)C(=O)O.[2H]C([2H])([2H])N(C(=O)OC(C)(C)C)[C@@H](C)C(=O)O. The summed E-state index contributed by atoms with van der Waals surface area (Å²) in [6.45, 7) is 9.66. The van der Waals surface area contributed by atoms with E-state index < -0.39 is 54.1 Å². The van der Waals surface area contributed by atoms with Crippen molar-refractivity contribution >= 4 is 24.0 Å². The van der Waals surface area contributed by atoms with Crippen LogP contribution in [-0.4, -0.2) is 63.3 Å². The van der Waals surface area contributed by atoms with Crippen LogP contribution in [0.2, 0.25) is 0 Å². The molecule has 2 atom stereocenters. The summed E-state index contributed by atoms with van der Waals surface area (Å²) in [6, 6.07) is -1.49. The van der Waals surface area contributed by atoms with Crippen LogP contribution in [0.3, 0.4) is 0 Å². The third-order valence-electron chi connectivity index (χ3n) is 2.65. The molecule has 0 fully saturated rings. The molecule has 1 amide bonds. The first-order valence-electron chi connectivity index (χ1n) is 9.78. The normalized spacial score (nSPS) is 15.5. The molecule has 158 valence electrons. The summed E-state index contributed by atoms with van der Waals surface area (Å²) in [6.07, 6.45) is -1.25. The molecule has 2 N–H and O–H groups in total. The number of esters is 1. The Morgan fingerprint density at radius 2 is 1.37 bits per heavy atom. The molecule has 0 heterocycles. The van der Waals surface area contributed by atoms with Gasteiger partial charge in [-0.3, -0.25) is 14.5 Å². The molecule has 0 saturated carbocycles. The van der Waals surface area contributed by atoms with Crippen LogP contribution in [0.5, 0.6) is 0 Å². The van der Waals surface area contributed by atoms with Gasteiger partial charge in [-0.2, -0.15) is 0 Å². The number of likely N-dealkylation sites (N-methyl/N-ethyl adjacent to an activating group) is 1. The maximum atomic E-state index is 11.6. The maximum absolute atomic E-state index is 11.6. The van der Waals surface area contributed by atoms with Crippen LogP contribution in [0.4, 0.5) is 4.79 Å². The van der Waals surface area contributed by atoms with Crippen molar-refractivity contribution in [3.63, 3.8) is 0 Å². The van der Waals surface area contributed by atoms with E-state index in [0.29, 0.717) is 0 Å². The van der Waals surface area contributed by atoms with Gasteiger partial charge in [0.15, 0.2) is 0 Å². The molecule has 0 aliphatic rings. The van der Waals surface area contributed by atoms with E-state index >= 15 is 0 Å². The van der Waals surface area contributed by atoms with Crippen LogP contribution in [0.15, 0.2) is 0 Å². The lowest BCUT2D eigenvalue weighted by atomic mass is 10.1. The van der Waals surface area contributed by atoms with Crippen LogP contribution < -0.4 is 0 Å². The van der Waals surface area contributed by atoms with Crippen LogP contribution in [0.1, 0.15) is 65.9 Å². The van der Waals surface area contributed by atoms with Gasteiger partial charge >= 0.3 is 24.0 Å². The van der Waals surface area contributed by atoms with E-state index in [2.05, 4.69) is 0 Å². The van der Waals surface area contributed by atoms with Crippen molar-refractivity contribution in [3.8, 4) is 0 Å². The molecule has 9 heteroatoms. The van der Waals surface area contributed by atoms with Gasteiger partial charge in [-0.1, -0.05) is 6.92 Å². The molecule has 0 spiro atoms. The molecule has 27 heavy (non-hydrogen) atoms. The predicted molar refractivity (Wildman–Crippen MR) is 98.4 cm³/mol. The molecule has 9 nitrogen and oxygen atoms in total. The van der Waals surface area contributed by atoms with E-state index in [0.717, 1.165) is 6.92 Å². The summed E-state index contributed by atoms with van der Waals surface area (Å²) >= 11 is 0. The summed E-state index contributed by atoms with van der Waals surface area (Å²) in [5.41, 5.74) is -1.44. The minimum atomic E-state index is -2.86. The standard InChI is InChI=1S/C9H17NO4.C9H16O4/c1-6(7(11)12)10(5)8(13)14-9(2,3)4;1-6(8(11)12)5-7(10)13-9(2,3)4/h6H,1-5H3,(H,11,12);6H,5H2,1-4H3,(H,11,12)/t2*6-/m01/s1/i5D3;. The zero-order valence-corrected chi connectivity index (χ0v) is 17.2. The van der Waals surface area contributed by atoms with E-state index in [-0.39, 0.29) is 11.3 Å². The fraction of sp³-hybridized carbons (Fsp3) is 0.778. The molecule has 0 aliphatic heterocycles. The number of hydrogen-bond donors (Lipinski definition) is 2. The van der Waals surface area contributed by atoms with E-state index in [4.69, 9.17) is 23.8 Å². The second-order valence-electron chi connectivity index (χ2n) is 7.89. The number of carbonyl (C=O) groups is 4. The van der Waals surface area contributed by atoms with Gasteiger partial charge in [0.05, 0.1) is 12.3 Å². The van der Waals surface area contributed by atoms with Crippen LogP contribution >= 0.6 is 0 Å². The van der Waals surface area contributed by atoms with Crippen LogP contribution in [0, 0.1) is 5.92 Å². The second-order valence-corrected chi connectivity index (χ2v) is 7.89. The molecule has 0 aliphatic carbocycles. The topological polar surface area (TPSA) is 130 Å². The Labute approximate surface area is 164 Å². The summed E-state index contributed by atoms with van der Waals surface area (Å²) in [5, 5.41) is 17.3. The fourth-order valence-electron chi connectivity index (χ4n) is 1.30. The Morgan fingerprint density at radius 1 is 0.926 bits per heavy atom. The van der Waals surface area contributed by atoms with Crippen molar-refractivity contribution < 1.29 is 43.0 Å². The minimum Gasteiger partial charge on any atom is -0.481 e. The van der Waals surface area contributed by atoms with Crippen LogP contribution in [0.25, 0.3) is 0 Å². The number of aliphatic carboxylic acids is 2. The van der Waals surface area contributed by atoms with E-state index in [1.54, 1.807) is 41.5 Å². The van der Waals surface area contributed by atoms with Crippen molar-refractivity contribution in [1.29, 1.82) is 0 Å². The van der Waals surface area contributed by atoms with Gasteiger partial charge in [0.1, 0.15) is 17.2 Å². The molecule has 0 rings (SSSR count). The predicted octanol–water partition coefficient (Wildman–Crippen LogP) is 2.77. The largest absolute Gasteiger partial charge is 0.481 e. The number of rotatable bonds is 5. The number of carboxylic acid groups (broad SMARTS) is 2. The average molecular weight is 394 g/mol. The lowest BCUT2D eigenvalue weighted by Crippen LogP contribution is -2.43. The van der Waals surface area contributed by atoms with E-state index in [1.807, 2.05) is 0 Å². The summed E-state index contributed by atoms with van der Waals surface area (Å²) in [4.78, 5) is 44.1. The van der Waals surface area contributed by atoms with Crippen molar-refractivity contribution in [2.75, 3.05) is 6.98 Å². The molecule has 0 bridgehead atoms. The number of ether oxygens (including phenoxy) is 2. The zero-order valence-electron chi connectivity index (χ0n) is 20.2. The Balaban J connectivity index is 0. The first kappa shape index (κ1) is 21.0. The van der Waals surface area contributed by atoms with Gasteiger partial charge in [0.2, 0.25) is 0 Å². The van der Waals surface area contributed by atoms with Crippen molar-refractivity contribution in [2.45, 2.75) is 79.1 Å². The highest BCUT2D eigenvalue weighted by molar-refractivity contribution is 5.79. The smallest absolute Gasteiger partial charge is 0.410 e. The fourth-order valence-corrected chi connectivity index (χ4v) is 1.30. The molecular formula is C18H33NO8. The van der Waals surface area contributed by atoms with Crippen molar-refractivity contribution in [1.82, 2.24) is 4.90 Å². The summed E-state index contributed by atoms with van der Waals surface area (Å²) in [5.74, 6) is -3.55. The lowest BCUT2D eigenvalue weighted by molar-refractivity contribution is -0.159. The molecule has 0 aromatic rings. The quantitative estimate of drug-likeness (QED) is 0.681. The maximum Gasteiger partial charge on any atom is 0.410 e. The monoisotopic (exact) mass is 394 g/mol. The van der Waals surface area contributed by atoms with Gasteiger partial charge in [-0.15, -0.1) is 0 Å². The Kier molecular flexibility index (Phi) is 8.35. The van der Waals surface area contributed by atoms with Crippen molar-refractivity contribution in [3.05, 3.63) is 0 Å². The Bertz CT molecular complexity index is 620. The van der Waals surface area contributed by atoms with Gasteiger partial charge in [0, 0.05) is 11.1 Å². The highest BCUT2D eigenvalue weighted by Gasteiger charge is 2.26. The third kappa shape index (κ3) is 14.5. The van der Waals surface area contributed by atoms with Gasteiger partial charge in [-0.05, 0) is 48.5 Å². The van der Waals surface area contributed by atoms with Gasteiger partial charge < -0.3 is 19.7 Å². The molecule has 0 unspecified atom stereocenters. The van der Waals surface area contributed by atoms with E-state index in [9.17, 15) is 19.2 Å². The Hall–Kier alpha value is -2.32. The first-order chi connectivity index (χ1) is 13.1. The number of amides is 1. The minimum absolute atomic E-state index is 0.0768. The highest BCUT2D eigenvalue weighted by Crippen LogP contribution is 2.12. The van der Waals surface area contributed by atoms with Gasteiger partial charge in [-0.25, -0.2) is 9.59 Å². The molecule has 0 aromatic heterocycles. The molecule has 0 radical (unpaired) electrons. The first-order valence-corrected chi connectivity index (χ1v) is 8.28. The Morgan fingerprint density at radius 3 is 1.67 bits per heavy atom. The van der Waals surface area contributed by atoms with Gasteiger partial charge in [0.25, 0.3) is 0 Å². The van der Waals surface area contributed by atoms with Crippen molar-refractivity contribution in [2.24, 2.45) is 5.92 Å². The molecule has 0 saturated heterocycles. The summed E-state index contributed by atoms with van der Waals surface area (Å²) in [7, 11) is 0. The number of carbonyl (C=O) groups excluding carboxylic acids is 2. The number of carboxylic acids is 2. The average Bonchev–Trinajstić information content (AvgIpc) is 2.41. The third-order valence-corrected chi connectivity index (χ3v) is 2.65. The summed E-state index contributed by atoms with van der Waals surface area (Å²) < 4.78 is 31.3. The lowest BCUT2D eigenvalue weighted by Gasteiger charge is -2.26. The zero-order chi connectivity index (χ0) is 24.7. The number of hydrogen-bond acceptors (Lipinski definition) is 6. The number of nitrogens with zero attached hydrogens (tertiary/aromatic N) is 1. The second kappa shape index (κ2) is 10.7. The highest BCUT2D eigenvalue weighted by atomic mass is 16.6. The van der Waals surface area contributed by atoms with Crippen LogP contribution in [-0.2, 0) is 23.9 Å². The van der Waals surface area contributed by atoms with E-state index in [1.165, 1.54) is 6.92 Å². The molecular weight excluding hydrogens is 358 g/mol.